The molecule has 0 aliphatic heterocycles. The number of amides is 1. The van der Waals surface area contributed by atoms with Gasteiger partial charge in [-0.1, -0.05) is 19.0 Å². The number of carbonyl (C=O) groups is 1. The summed E-state index contributed by atoms with van der Waals surface area (Å²) in [5.41, 5.74) is 0.720. The number of aromatic nitrogens is 3. The minimum absolute atomic E-state index is 0.225. The highest BCUT2D eigenvalue weighted by Crippen LogP contribution is 2.10. The molecule has 2 aromatic heterocycles. The van der Waals surface area contributed by atoms with Crippen molar-refractivity contribution in [2.75, 3.05) is 6.54 Å². The number of aryl methyl sites for hydroxylation is 1. The van der Waals surface area contributed by atoms with Crippen LogP contribution in [0.1, 0.15) is 48.5 Å². The molecule has 23 heavy (non-hydrogen) atoms. The van der Waals surface area contributed by atoms with Crippen molar-refractivity contribution in [1.82, 2.24) is 20.0 Å². The Morgan fingerprint density at radius 2 is 2.13 bits per heavy atom. The number of nitrogens with zero attached hydrogens (tertiary/aromatic N) is 3. The maximum absolute atomic E-state index is 12.6. The smallest absolute Gasteiger partial charge is 0.254 e. The molecule has 0 aliphatic rings. The zero-order valence-corrected chi connectivity index (χ0v) is 13.9. The normalized spacial score (nSPS) is 11.0. The summed E-state index contributed by atoms with van der Waals surface area (Å²) < 4.78 is 5.19. The van der Waals surface area contributed by atoms with Crippen molar-refractivity contribution < 1.29 is 9.32 Å². The first-order valence-corrected chi connectivity index (χ1v) is 7.70. The molecule has 0 aliphatic carbocycles. The third-order valence-electron chi connectivity index (χ3n) is 3.32. The molecule has 0 unspecified atom stereocenters. The summed E-state index contributed by atoms with van der Waals surface area (Å²) in [7, 11) is 0. The van der Waals surface area contributed by atoms with E-state index in [1.165, 1.54) is 6.07 Å². The van der Waals surface area contributed by atoms with E-state index in [9.17, 15) is 9.59 Å². The minimum Gasteiger partial charge on any atom is -0.339 e. The summed E-state index contributed by atoms with van der Waals surface area (Å²) in [4.78, 5) is 32.6. The summed E-state index contributed by atoms with van der Waals surface area (Å²) in [6.07, 6.45) is 0.709. The molecule has 1 N–H and O–H groups in total. The van der Waals surface area contributed by atoms with E-state index in [1.807, 2.05) is 6.92 Å². The first-order chi connectivity index (χ1) is 10.9. The Bertz CT molecular complexity index is 733. The Hall–Kier alpha value is -2.44. The van der Waals surface area contributed by atoms with Crippen LogP contribution < -0.4 is 5.56 Å². The maximum atomic E-state index is 12.6. The third-order valence-corrected chi connectivity index (χ3v) is 3.32. The lowest BCUT2D eigenvalue weighted by Crippen LogP contribution is -2.31. The number of nitrogens with one attached hydrogen (secondary N) is 1. The average molecular weight is 318 g/mol. The minimum atomic E-state index is -0.289. The van der Waals surface area contributed by atoms with Crippen LogP contribution in [-0.4, -0.2) is 32.5 Å². The molecule has 124 valence electrons. The van der Waals surface area contributed by atoms with Gasteiger partial charge in [0.05, 0.1) is 6.54 Å². The zero-order chi connectivity index (χ0) is 17.0. The van der Waals surface area contributed by atoms with Gasteiger partial charge in [0.1, 0.15) is 0 Å². The molecule has 7 heteroatoms. The largest absolute Gasteiger partial charge is 0.339 e. The van der Waals surface area contributed by atoms with Gasteiger partial charge in [-0.15, -0.1) is 0 Å². The maximum Gasteiger partial charge on any atom is 0.254 e. The van der Waals surface area contributed by atoms with Crippen LogP contribution in [0.4, 0.5) is 0 Å². The lowest BCUT2D eigenvalue weighted by Gasteiger charge is -2.19. The Morgan fingerprint density at radius 3 is 2.74 bits per heavy atom. The van der Waals surface area contributed by atoms with E-state index in [2.05, 4.69) is 29.0 Å². The molecule has 0 spiro atoms. The van der Waals surface area contributed by atoms with Gasteiger partial charge in [-0.05, 0) is 25.8 Å². The molecule has 0 saturated carbocycles. The third kappa shape index (κ3) is 4.51. The van der Waals surface area contributed by atoms with E-state index in [1.54, 1.807) is 17.9 Å². The lowest BCUT2D eigenvalue weighted by atomic mass is 10.1. The van der Waals surface area contributed by atoms with Crippen LogP contribution in [0.2, 0.25) is 0 Å². The van der Waals surface area contributed by atoms with Gasteiger partial charge in [-0.25, -0.2) is 0 Å². The summed E-state index contributed by atoms with van der Waals surface area (Å²) in [6, 6.07) is 2.96. The predicted molar refractivity (Wildman–Crippen MR) is 85.1 cm³/mol. The van der Waals surface area contributed by atoms with E-state index in [0.29, 0.717) is 41.9 Å². The molecule has 0 saturated heterocycles. The molecule has 0 radical (unpaired) electrons. The van der Waals surface area contributed by atoms with Gasteiger partial charge in [-0.3, -0.25) is 9.59 Å². The van der Waals surface area contributed by atoms with Crippen LogP contribution in [0.5, 0.6) is 0 Å². The quantitative estimate of drug-likeness (QED) is 0.878. The molecular weight excluding hydrogens is 296 g/mol. The Morgan fingerprint density at radius 1 is 1.39 bits per heavy atom. The molecule has 0 aromatic carbocycles. The van der Waals surface area contributed by atoms with Crippen molar-refractivity contribution in [2.45, 2.75) is 40.7 Å². The highest BCUT2D eigenvalue weighted by molar-refractivity contribution is 5.94. The number of H-pyrrole nitrogens is 1. The van der Waals surface area contributed by atoms with Crippen LogP contribution in [0.15, 0.2) is 21.5 Å². The van der Waals surface area contributed by atoms with Crippen molar-refractivity contribution in [3.8, 4) is 0 Å². The Kier molecular flexibility index (Phi) is 5.31. The standard InChI is InChI=1S/C16H22N4O3/c1-5-20(9-13-18-15(23-19-13)6-10(2)3)16(22)12-7-11(4)17-14(21)8-12/h7-8,10H,5-6,9H2,1-4H3,(H,17,21). The van der Waals surface area contributed by atoms with E-state index in [0.717, 1.165) is 0 Å². The number of pyridine rings is 1. The van der Waals surface area contributed by atoms with Gasteiger partial charge in [0.2, 0.25) is 11.4 Å². The molecule has 0 bridgehead atoms. The van der Waals surface area contributed by atoms with Crippen LogP contribution in [0.25, 0.3) is 0 Å². The van der Waals surface area contributed by atoms with Crippen molar-refractivity contribution in [2.24, 2.45) is 5.92 Å². The fourth-order valence-electron chi connectivity index (χ4n) is 2.27. The highest BCUT2D eigenvalue weighted by atomic mass is 16.5. The van der Waals surface area contributed by atoms with Gasteiger partial charge < -0.3 is 14.4 Å². The van der Waals surface area contributed by atoms with Crippen molar-refractivity contribution >= 4 is 5.91 Å². The highest BCUT2D eigenvalue weighted by Gasteiger charge is 2.18. The molecule has 2 heterocycles. The summed E-state index contributed by atoms with van der Waals surface area (Å²) in [5.74, 6) is 1.24. The van der Waals surface area contributed by atoms with Crippen molar-refractivity contribution in [1.29, 1.82) is 0 Å². The second-order valence-electron chi connectivity index (χ2n) is 5.94. The van der Waals surface area contributed by atoms with Crippen LogP contribution >= 0.6 is 0 Å². The van der Waals surface area contributed by atoms with Gasteiger partial charge in [-0.2, -0.15) is 4.98 Å². The summed E-state index contributed by atoms with van der Waals surface area (Å²) in [6.45, 7) is 8.49. The monoisotopic (exact) mass is 318 g/mol. The molecule has 0 atom stereocenters. The first-order valence-electron chi connectivity index (χ1n) is 7.70. The van der Waals surface area contributed by atoms with Crippen LogP contribution in [0.3, 0.4) is 0 Å². The van der Waals surface area contributed by atoms with Gasteiger partial charge in [0.15, 0.2) is 5.82 Å². The molecule has 2 rings (SSSR count). The molecular formula is C16H22N4O3. The van der Waals surface area contributed by atoms with Crippen molar-refractivity contribution in [3.05, 3.63) is 45.5 Å². The van der Waals surface area contributed by atoms with Crippen LogP contribution in [0, 0.1) is 12.8 Å². The second kappa shape index (κ2) is 7.21. The summed E-state index contributed by atoms with van der Waals surface area (Å²) in [5, 5.41) is 3.92. The van der Waals surface area contributed by atoms with E-state index < -0.39 is 0 Å². The number of hydrogen-bond acceptors (Lipinski definition) is 5. The van der Waals surface area contributed by atoms with E-state index in [4.69, 9.17) is 4.52 Å². The number of rotatable bonds is 6. The SMILES string of the molecule is CCN(Cc1noc(CC(C)C)n1)C(=O)c1cc(C)[nH]c(=O)c1. The number of hydrogen-bond donors (Lipinski definition) is 1. The Labute approximate surface area is 134 Å². The van der Waals surface area contributed by atoms with Gasteiger partial charge in [0.25, 0.3) is 5.91 Å². The fourth-order valence-corrected chi connectivity index (χ4v) is 2.27. The Balaban J connectivity index is 2.14. The first kappa shape index (κ1) is 16.9. The summed E-state index contributed by atoms with van der Waals surface area (Å²) >= 11 is 0. The molecule has 1 amide bonds. The van der Waals surface area contributed by atoms with Gasteiger partial charge >= 0.3 is 0 Å². The van der Waals surface area contributed by atoms with E-state index >= 15 is 0 Å². The fraction of sp³-hybridized carbons (Fsp3) is 0.500. The van der Waals surface area contributed by atoms with E-state index in [-0.39, 0.29) is 18.0 Å². The average Bonchev–Trinajstić information content (AvgIpc) is 2.89. The molecule has 2 aromatic rings. The van der Waals surface area contributed by atoms with Crippen LogP contribution in [-0.2, 0) is 13.0 Å². The lowest BCUT2D eigenvalue weighted by molar-refractivity contribution is 0.0747. The van der Waals surface area contributed by atoms with Gasteiger partial charge in [0, 0.05) is 30.3 Å². The zero-order valence-electron chi connectivity index (χ0n) is 13.9. The predicted octanol–water partition coefficient (Wildman–Crippen LogP) is 1.93. The number of aromatic amines is 1. The number of carbonyl (C=O) groups excluding carboxylic acids is 1. The topological polar surface area (TPSA) is 92.1 Å². The van der Waals surface area contributed by atoms with Crippen molar-refractivity contribution in [3.63, 3.8) is 0 Å². The second-order valence-corrected chi connectivity index (χ2v) is 5.94. The molecule has 7 nitrogen and oxygen atoms in total. The molecule has 0 fully saturated rings.